The van der Waals surface area contributed by atoms with Crippen LogP contribution in [0.5, 0.6) is 0 Å². The molecule has 0 unspecified atom stereocenters. The quantitative estimate of drug-likeness (QED) is 0.445. The second kappa shape index (κ2) is 9.03. The maximum absolute atomic E-state index is 12.5. The molecule has 0 aliphatic heterocycles. The van der Waals surface area contributed by atoms with Gasteiger partial charge in [-0.2, -0.15) is 4.98 Å². The van der Waals surface area contributed by atoms with Gasteiger partial charge in [-0.05, 0) is 43.3 Å². The molecule has 1 aromatic heterocycles. The molecule has 1 heterocycles. The van der Waals surface area contributed by atoms with Crippen molar-refractivity contribution < 1.29 is 17.7 Å². The number of carbonyl (C=O) groups excluding carboxylic acids is 1. The van der Waals surface area contributed by atoms with Crippen molar-refractivity contribution in [3.8, 4) is 11.4 Å². The van der Waals surface area contributed by atoms with E-state index < -0.39 is 10.0 Å². The molecule has 2 N–H and O–H groups in total. The summed E-state index contributed by atoms with van der Waals surface area (Å²) in [5.74, 6) is 0.372. The second-order valence-corrected chi connectivity index (χ2v) is 8.74. The van der Waals surface area contributed by atoms with Crippen LogP contribution in [0.4, 0.5) is 5.69 Å². The first-order valence-corrected chi connectivity index (χ1v) is 11.2. The summed E-state index contributed by atoms with van der Waals surface area (Å²) in [6.07, 6.45) is 0. The molecule has 0 aliphatic rings. The molecule has 0 saturated carbocycles. The van der Waals surface area contributed by atoms with Gasteiger partial charge in [0.1, 0.15) is 0 Å². The summed E-state index contributed by atoms with van der Waals surface area (Å²) >= 11 is 0. The van der Waals surface area contributed by atoms with Gasteiger partial charge in [0.25, 0.3) is 15.9 Å². The average Bonchev–Trinajstić information content (AvgIpc) is 3.28. The van der Waals surface area contributed by atoms with Gasteiger partial charge >= 0.3 is 0 Å². The Morgan fingerprint density at radius 1 is 0.938 bits per heavy atom. The molecule has 0 bridgehead atoms. The van der Waals surface area contributed by atoms with E-state index in [0.29, 0.717) is 17.1 Å². The summed E-state index contributed by atoms with van der Waals surface area (Å²) in [5.41, 5.74) is 2.51. The lowest BCUT2D eigenvalue weighted by Gasteiger charge is -2.09. The molecule has 4 rings (SSSR count). The standard InChI is InChI=1S/C23H20N4O4S/c1-16-7-13-20(14-8-16)32(29,30)27-19-11-9-18(10-12-19)23(28)24-15-21-25-22(26-31-21)17-5-3-2-4-6-17/h2-14,27H,15H2,1H3,(H,24,28). The smallest absolute Gasteiger partial charge is 0.261 e. The molecular formula is C23H20N4O4S. The molecule has 9 heteroatoms. The fourth-order valence-electron chi connectivity index (χ4n) is 2.91. The van der Waals surface area contributed by atoms with E-state index in [1.807, 2.05) is 37.3 Å². The van der Waals surface area contributed by atoms with Crippen molar-refractivity contribution in [1.29, 1.82) is 0 Å². The van der Waals surface area contributed by atoms with Gasteiger partial charge in [-0.3, -0.25) is 9.52 Å². The van der Waals surface area contributed by atoms with E-state index in [4.69, 9.17) is 4.52 Å². The predicted octanol–water partition coefficient (Wildman–Crippen LogP) is 3.78. The zero-order valence-electron chi connectivity index (χ0n) is 17.1. The van der Waals surface area contributed by atoms with Crippen molar-refractivity contribution in [3.63, 3.8) is 0 Å². The number of carbonyl (C=O) groups is 1. The van der Waals surface area contributed by atoms with Crippen molar-refractivity contribution >= 4 is 21.6 Å². The highest BCUT2D eigenvalue weighted by Gasteiger charge is 2.15. The fourth-order valence-corrected chi connectivity index (χ4v) is 3.97. The lowest BCUT2D eigenvalue weighted by molar-refractivity contribution is 0.0946. The van der Waals surface area contributed by atoms with Crippen LogP contribution in [0.1, 0.15) is 21.8 Å². The lowest BCUT2D eigenvalue weighted by Crippen LogP contribution is -2.23. The van der Waals surface area contributed by atoms with E-state index in [2.05, 4.69) is 20.2 Å². The Kier molecular flexibility index (Phi) is 6.00. The number of aryl methyl sites for hydroxylation is 1. The highest BCUT2D eigenvalue weighted by Crippen LogP contribution is 2.18. The lowest BCUT2D eigenvalue weighted by atomic mass is 10.2. The number of sulfonamides is 1. The summed E-state index contributed by atoms with van der Waals surface area (Å²) in [6.45, 7) is 1.95. The molecule has 162 valence electrons. The van der Waals surface area contributed by atoms with Crippen molar-refractivity contribution in [2.75, 3.05) is 4.72 Å². The van der Waals surface area contributed by atoms with E-state index in [0.717, 1.165) is 11.1 Å². The first-order chi connectivity index (χ1) is 15.4. The average molecular weight is 449 g/mol. The normalized spacial score (nSPS) is 11.2. The maximum Gasteiger partial charge on any atom is 0.261 e. The molecule has 0 radical (unpaired) electrons. The molecule has 4 aromatic rings. The van der Waals surface area contributed by atoms with Gasteiger partial charge in [-0.25, -0.2) is 8.42 Å². The Bertz CT molecular complexity index is 1320. The minimum absolute atomic E-state index is 0.0699. The number of anilines is 1. The Hall–Kier alpha value is -3.98. The van der Waals surface area contributed by atoms with Crippen LogP contribution in [-0.2, 0) is 16.6 Å². The SMILES string of the molecule is Cc1ccc(S(=O)(=O)Nc2ccc(C(=O)NCc3nc(-c4ccccc4)no3)cc2)cc1. The largest absolute Gasteiger partial charge is 0.343 e. The molecule has 0 atom stereocenters. The van der Waals surface area contributed by atoms with E-state index >= 15 is 0 Å². The number of hydrogen-bond acceptors (Lipinski definition) is 6. The first-order valence-electron chi connectivity index (χ1n) is 9.76. The predicted molar refractivity (Wildman–Crippen MR) is 119 cm³/mol. The number of benzene rings is 3. The van der Waals surface area contributed by atoms with Crippen molar-refractivity contribution in [3.05, 3.63) is 95.9 Å². The van der Waals surface area contributed by atoms with Gasteiger partial charge in [0.05, 0.1) is 11.4 Å². The Morgan fingerprint density at radius 3 is 2.31 bits per heavy atom. The van der Waals surface area contributed by atoms with Gasteiger partial charge < -0.3 is 9.84 Å². The van der Waals surface area contributed by atoms with E-state index in [1.165, 1.54) is 24.3 Å². The summed E-state index contributed by atoms with van der Waals surface area (Å²) < 4.78 is 32.6. The van der Waals surface area contributed by atoms with Gasteiger partial charge in [-0.1, -0.05) is 53.2 Å². The van der Waals surface area contributed by atoms with Crippen LogP contribution >= 0.6 is 0 Å². The van der Waals surface area contributed by atoms with Gasteiger partial charge in [0.2, 0.25) is 11.7 Å². The van der Waals surface area contributed by atoms with Crippen molar-refractivity contribution in [2.45, 2.75) is 18.4 Å². The third-order valence-electron chi connectivity index (χ3n) is 4.63. The maximum atomic E-state index is 12.5. The molecule has 3 aromatic carbocycles. The first kappa shape index (κ1) is 21.3. The highest BCUT2D eigenvalue weighted by molar-refractivity contribution is 7.92. The zero-order chi connectivity index (χ0) is 22.6. The number of aromatic nitrogens is 2. The number of nitrogens with zero attached hydrogens (tertiary/aromatic N) is 2. The molecule has 32 heavy (non-hydrogen) atoms. The topological polar surface area (TPSA) is 114 Å². The Labute approximate surface area is 185 Å². The van der Waals surface area contributed by atoms with Crippen LogP contribution in [0, 0.1) is 6.92 Å². The van der Waals surface area contributed by atoms with E-state index in [1.54, 1.807) is 24.3 Å². The van der Waals surface area contributed by atoms with Crippen LogP contribution in [0.15, 0.2) is 88.3 Å². The van der Waals surface area contributed by atoms with Crippen molar-refractivity contribution in [2.24, 2.45) is 0 Å². The molecule has 0 saturated heterocycles. The second-order valence-electron chi connectivity index (χ2n) is 7.06. The van der Waals surface area contributed by atoms with Crippen LogP contribution in [0.2, 0.25) is 0 Å². The molecule has 8 nitrogen and oxygen atoms in total. The monoisotopic (exact) mass is 448 g/mol. The number of hydrogen-bond donors (Lipinski definition) is 2. The Morgan fingerprint density at radius 2 is 1.62 bits per heavy atom. The van der Waals surface area contributed by atoms with Gasteiger partial charge in [0.15, 0.2) is 0 Å². The summed E-state index contributed by atoms with van der Waals surface area (Å²) in [5, 5.41) is 6.61. The summed E-state index contributed by atoms with van der Waals surface area (Å²) in [7, 11) is -3.71. The number of nitrogens with one attached hydrogen (secondary N) is 2. The highest BCUT2D eigenvalue weighted by atomic mass is 32.2. The van der Waals surface area contributed by atoms with Gasteiger partial charge in [-0.15, -0.1) is 0 Å². The van der Waals surface area contributed by atoms with Crippen LogP contribution in [0.3, 0.4) is 0 Å². The fraction of sp³-hybridized carbons (Fsp3) is 0.0870. The molecule has 0 aliphatic carbocycles. The number of rotatable bonds is 7. The summed E-state index contributed by atoms with van der Waals surface area (Å²) in [6, 6.07) is 22.0. The van der Waals surface area contributed by atoms with E-state index in [-0.39, 0.29) is 23.2 Å². The van der Waals surface area contributed by atoms with Crippen LogP contribution in [0.25, 0.3) is 11.4 Å². The molecule has 0 spiro atoms. The third kappa shape index (κ3) is 5.01. The van der Waals surface area contributed by atoms with E-state index in [9.17, 15) is 13.2 Å². The van der Waals surface area contributed by atoms with Crippen LogP contribution < -0.4 is 10.0 Å². The zero-order valence-corrected chi connectivity index (χ0v) is 18.0. The number of amides is 1. The molecular weight excluding hydrogens is 428 g/mol. The summed E-state index contributed by atoms with van der Waals surface area (Å²) in [4.78, 5) is 16.8. The van der Waals surface area contributed by atoms with Gasteiger partial charge in [0, 0.05) is 16.8 Å². The molecule has 0 fully saturated rings. The Balaban J connectivity index is 1.36. The third-order valence-corrected chi connectivity index (χ3v) is 6.03. The van der Waals surface area contributed by atoms with Crippen molar-refractivity contribution in [1.82, 2.24) is 15.5 Å². The molecule has 1 amide bonds. The minimum atomic E-state index is -3.71. The van der Waals surface area contributed by atoms with Crippen LogP contribution in [-0.4, -0.2) is 24.5 Å². The minimum Gasteiger partial charge on any atom is -0.343 e.